The molecular formula is C13H18Fe. The molecule has 0 atom stereocenters. The molecule has 0 fully saturated rings. The molecular weight excluding hydrogens is 212 g/mol. The van der Waals surface area contributed by atoms with E-state index in [2.05, 4.69) is 49.2 Å². The van der Waals surface area contributed by atoms with Crippen molar-refractivity contribution in [1.82, 2.24) is 0 Å². The van der Waals surface area contributed by atoms with Crippen molar-refractivity contribution >= 4 is 0 Å². The molecule has 0 aliphatic heterocycles. The SMILES string of the molecule is C[CH2][Fe]([CH3])([C]1=CC=CC1)[C]1=CC=CC1. The Morgan fingerprint density at radius 1 is 1.07 bits per heavy atom. The van der Waals surface area contributed by atoms with E-state index in [1.807, 2.05) is 0 Å². The normalized spacial score (nSPS) is 21.3. The number of rotatable bonds is 3. The van der Waals surface area contributed by atoms with Crippen molar-refractivity contribution in [3.63, 3.8) is 0 Å². The first-order valence-electron chi connectivity index (χ1n) is 5.10. The minimum absolute atomic E-state index is 1.10. The van der Waals surface area contributed by atoms with Crippen LogP contribution in [0.5, 0.6) is 0 Å². The van der Waals surface area contributed by atoms with Crippen molar-refractivity contribution in [2.45, 2.75) is 30.9 Å². The summed E-state index contributed by atoms with van der Waals surface area (Å²) in [5, 5.41) is 1.33. The average Bonchev–Trinajstić information content (AvgIpc) is 2.88. The van der Waals surface area contributed by atoms with Crippen LogP contribution in [0.2, 0.25) is 11.1 Å². The molecule has 0 saturated carbocycles. The van der Waals surface area contributed by atoms with Gasteiger partial charge >= 0.3 is 89.2 Å². The second-order valence-corrected chi connectivity index (χ2v) is 8.79. The van der Waals surface area contributed by atoms with E-state index in [0.717, 1.165) is 0 Å². The molecule has 0 amide bonds. The molecule has 0 radical (unpaired) electrons. The first kappa shape index (κ1) is 10.0. The number of allylic oxidation sites excluding steroid dienone is 8. The molecule has 0 bridgehead atoms. The molecule has 2 rings (SSSR count). The molecule has 0 nitrogen and oxygen atoms in total. The topological polar surface area (TPSA) is 0 Å². The Morgan fingerprint density at radius 2 is 1.57 bits per heavy atom. The summed E-state index contributed by atoms with van der Waals surface area (Å²) >= 11 is -1.10. The molecule has 0 aromatic heterocycles. The molecule has 0 N–H and O–H groups in total. The molecule has 0 aromatic rings. The summed E-state index contributed by atoms with van der Waals surface area (Å²) in [5.41, 5.74) is 0. The summed E-state index contributed by atoms with van der Waals surface area (Å²) in [6, 6.07) is 0. The second-order valence-electron chi connectivity index (χ2n) is 3.65. The van der Waals surface area contributed by atoms with Crippen LogP contribution >= 0.6 is 0 Å². The zero-order valence-corrected chi connectivity index (χ0v) is 10.0. The van der Waals surface area contributed by atoms with Gasteiger partial charge in [-0.1, -0.05) is 0 Å². The molecule has 0 saturated heterocycles. The summed E-state index contributed by atoms with van der Waals surface area (Å²) < 4.78 is 3.41. The van der Waals surface area contributed by atoms with Gasteiger partial charge in [-0.15, -0.1) is 0 Å². The Hall–Kier alpha value is -0.521. The van der Waals surface area contributed by atoms with Crippen LogP contribution in [0.15, 0.2) is 45.4 Å². The zero-order valence-electron chi connectivity index (χ0n) is 8.94. The summed E-state index contributed by atoms with van der Waals surface area (Å²) in [6.45, 7) is 2.35. The number of hydrogen-bond donors (Lipinski definition) is 0. The van der Waals surface area contributed by atoms with Gasteiger partial charge in [0.1, 0.15) is 0 Å². The van der Waals surface area contributed by atoms with Gasteiger partial charge in [-0.3, -0.25) is 0 Å². The molecule has 78 valence electrons. The van der Waals surface area contributed by atoms with E-state index < -0.39 is 12.8 Å². The zero-order chi connectivity index (χ0) is 10.0. The van der Waals surface area contributed by atoms with Crippen molar-refractivity contribution in [3.05, 3.63) is 45.4 Å². The van der Waals surface area contributed by atoms with Gasteiger partial charge in [0.2, 0.25) is 0 Å². The van der Waals surface area contributed by atoms with Gasteiger partial charge in [-0.2, -0.15) is 0 Å². The fourth-order valence-corrected chi connectivity index (χ4v) is 5.62. The van der Waals surface area contributed by atoms with E-state index in [1.165, 1.54) is 18.2 Å². The van der Waals surface area contributed by atoms with Crippen molar-refractivity contribution in [3.8, 4) is 0 Å². The van der Waals surface area contributed by atoms with E-state index in [-0.39, 0.29) is 0 Å². The molecule has 1 heteroatoms. The van der Waals surface area contributed by atoms with Crippen LogP contribution < -0.4 is 0 Å². The Morgan fingerprint density at radius 3 is 1.86 bits per heavy atom. The molecule has 0 aromatic carbocycles. The third-order valence-corrected chi connectivity index (χ3v) is 8.45. The van der Waals surface area contributed by atoms with Gasteiger partial charge in [0, 0.05) is 0 Å². The quantitative estimate of drug-likeness (QED) is 0.633. The third-order valence-electron chi connectivity index (χ3n) is 2.94. The van der Waals surface area contributed by atoms with Gasteiger partial charge in [0.25, 0.3) is 0 Å². The van der Waals surface area contributed by atoms with Gasteiger partial charge in [0.15, 0.2) is 0 Å². The van der Waals surface area contributed by atoms with Crippen LogP contribution in [0.25, 0.3) is 0 Å². The van der Waals surface area contributed by atoms with Gasteiger partial charge in [0.05, 0.1) is 0 Å². The fraction of sp³-hybridized carbons (Fsp3) is 0.385. The summed E-state index contributed by atoms with van der Waals surface area (Å²) in [5.74, 6) is 2.50. The van der Waals surface area contributed by atoms with Crippen LogP contribution in [0.3, 0.4) is 0 Å². The van der Waals surface area contributed by atoms with E-state index in [4.69, 9.17) is 0 Å². The van der Waals surface area contributed by atoms with E-state index in [1.54, 1.807) is 8.94 Å². The molecule has 0 unspecified atom stereocenters. The van der Waals surface area contributed by atoms with Crippen molar-refractivity contribution in [2.75, 3.05) is 0 Å². The second kappa shape index (κ2) is 3.92. The summed E-state index contributed by atoms with van der Waals surface area (Å²) in [6.07, 6.45) is 16.1. The fourth-order valence-electron chi connectivity index (χ4n) is 1.88. The van der Waals surface area contributed by atoms with Gasteiger partial charge in [-0.05, 0) is 0 Å². The molecule has 2 aliphatic rings. The molecule has 2 aliphatic carbocycles. The third kappa shape index (κ3) is 1.55. The van der Waals surface area contributed by atoms with Crippen LogP contribution in [-0.2, 0) is 12.8 Å². The Bertz CT molecular complexity index is 312. The van der Waals surface area contributed by atoms with E-state index in [9.17, 15) is 0 Å². The minimum atomic E-state index is -1.10. The molecule has 0 heterocycles. The van der Waals surface area contributed by atoms with Gasteiger partial charge in [-0.25, -0.2) is 0 Å². The maximum atomic E-state index is 2.50. The molecule has 14 heavy (non-hydrogen) atoms. The van der Waals surface area contributed by atoms with Crippen LogP contribution in [0.4, 0.5) is 0 Å². The Labute approximate surface area is 89.3 Å². The van der Waals surface area contributed by atoms with Crippen molar-refractivity contribution in [2.24, 2.45) is 0 Å². The Kier molecular flexibility index (Phi) is 2.80. The van der Waals surface area contributed by atoms with E-state index in [0.29, 0.717) is 0 Å². The first-order valence-corrected chi connectivity index (χ1v) is 8.09. The van der Waals surface area contributed by atoms with Crippen LogP contribution in [0.1, 0.15) is 19.8 Å². The Balaban J connectivity index is 2.25. The van der Waals surface area contributed by atoms with Crippen LogP contribution in [-0.4, -0.2) is 0 Å². The van der Waals surface area contributed by atoms with Gasteiger partial charge < -0.3 is 0 Å². The molecule has 0 spiro atoms. The van der Waals surface area contributed by atoms with Crippen molar-refractivity contribution < 1.29 is 12.8 Å². The standard InChI is InChI=1S/2C5H5.C2H5.CH3.Fe/c2*1-2-4-5-3-1;1-2;;/h2*1-3H,4H2;1H2,2H3;1H3;. The van der Waals surface area contributed by atoms with Crippen LogP contribution in [0, 0.1) is 0 Å². The summed E-state index contributed by atoms with van der Waals surface area (Å²) in [4.78, 5) is 0. The average molecular weight is 230 g/mol. The van der Waals surface area contributed by atoms with E-state index >= 15 is 0 Å². The first-order chi connectivity index (χ1) is 6.77. The summed E-state index contributed by atoms with van der Waals surface area (Å²) in [7, 11) is 0. The monoisotopic (exact) mass is 230 g/mol. The van der Waals surface area contributed by atoms with Crippen molar-refractivity contribution in [1.29, 1.82) is 0 Å². The predicted octanol–water partition coefficient (Wildman–Crippen LogP) is 4.31. The number of hydrogen-bond acceptors (Lipinski definition) is 0. The predicted molar refractivity (Wildman–Crippen MR) is 60.0 cm³/mol. The maximum absolute atomic E-state index is 2.50.